The van der Waals surface area contributed by atoms with E-state index in [1.807, 2.05) is 13.8 Å². The Morgan fingerprint density at radius 2 is 1.83 bits per heavy atom. The highest BCUT2D eigenvalue weighted by molar-refractivity contribution is 5.36. The van der Waals surface area contributed by atoms with Gasteiger partial charge in [-0.2, -0.15) is 0 Å². The SMILES string of the molecule is Cc1ccc(F)cc1CC[C@H](C)[C@@H](O)CNC[C@H](O)[C@H]1CCc2cc(F)ccc2O1. The zero-order valence-corrected chi connectivity index (χ0v) is 17.6. The Hall–Kier alpha value is -2.02. The van der Waals surface area contributed by atoms with Gasteiger partial charge in [-0.05, 0) is 85.5 Å². The zero-order valence-electron chi connectivity index (χ0n) is 17.6. The molecule has 0 spiro atoms. The van der Waals surface area contributed by atoms with Gasteiger partial charge in [-0.1, -0.05) is 13.0 Å². The molecule has 0 unspecified atom stereocenters. The molecule has 0 aliphatic carbocycles. The number of aliphatic hydroxyl groups is 2. The normalized spacial score (nSPS) is 18.9. The molecular formula is C24H31F2NO3. The number of rotatable bonds is 9. The monoisotopic (exact) mass is 419 g/mol. The van der Waals surface area contributed by atoms with Gasteiger partial charge in [0, 0.05) is 13.1 Å². The molecule has 2 aromatic rings. The summed E-state index contributed by atoms with van der Waals surface area (Å²) in [5, 5.41) is 24.0. The number of nitrogens with one attached hydrogen (secondary N) is 1. The number of fused-ring (bicyclic) bond motifs is 1. The van der Waals surface area contributed by atoms with Crippen molar-refractivity contribution in [2.45, 2.75) is 57.8 Å². The summed E-state index contributed by atoms with van der Waals surface area (Å²) in [5.74, 6) is 0.129. The van der Waals surface area contributed by atoms with Gasteiger partial charge < -0.3 is 20.3 Å². The third kappa shape index (κ3) is 6.00. The average molecular weight is 420 g/mol. The highest BCUT2D eigenvalue weighted by Crippen LogP contribution is 2.29. The van der Waals surface area contributed by atoms with Crippen LogP contribution in [-0.2, 0) is 12.8 Å². The van der Waals surface area contributed by atoms with Crippen molar-refractivity contribution < 1.29 is 23.7 Å². The molecule has 4 nitrogen and oxygen atoms in total. The largest absolute Gasteiger partial charge is 0.487 e. The molecule has 1 aliphatic rings. The van der Waals surface area contributed by atoms with E-state index in [0.29, 0.717) is 38.1 Å². The first-order valence-corrected chi connectivity index (χ1v) is 10.6. The van der Waals surface area contributed by atoms with E-state index in [-0.39, 0.29) is 23.7 Å². The fourth-order valence-electron chi connectivity index (χ4n) is 3.85. The van der Waals surface area contributed by atoms with Crippen LogP contribution in [0.3, 0.4) is 0 Å². The summed E-state index contributed by atoms with van der Waals surface area (Å²) >= 11 is 0. The Bertz CT molecular complexity index is 845. The minimum atomic E-state index is -0.722. The molecule has 0 bridgehead atoms. The molecule has 1 aliphatic heterocycles. The molecule has 3 N–H and O–H groups in total. The molecule has 30 heavy (non-hydrogen) atoms. The summed E-state index contributed by atoms with van der Waals surface area (Å²) in [5.41, 5.74) is 2.84. The van der Waals surface area contributed by atoms with Crippen LogP contribution in [0.1, 0.15) is 36.5 Å². The van der Waals surface area contributed by atoms with E-state index in [1.54, 1.807) is 18.2 Å². The van der Waals surface area contributed by atoms with Gasteiger partial charge in [0.25, 0.3) is 0 Å². The molecular weight excluding hydrogens is 388 g/mol. The van der Waals surface area contributed by atoms with Crippen molar-refractivity contribution >= 4 is 0 Å². The van der Waals surface area contributed by atoms with Crippen molar-refractivity contribution in [2.75, 3.05) is 13.1 Å². The van der Waals surface area contributed by atoms with Crippen LogP contribution >= 0.6 is 0 Å². The maximum atomic E-state index is 13.4. The Kier molecular flexibility index (Phi) is 7.81. The highest BCUT2D eigenvalue weighted by atomic mass is 19.1. The highest BCUT2D eigenvalue weighted by Gasteiger charge is 2.26. The van der Waals surface area contributed by atoms with Crippen molar-refractivity contribution in [3.05, 3.63) is 64.7 Å². The van der Waals surface area contributed by atoms with Crippen LogP contribution in [-0.4, -0.2) is 41.6 Å². The van der Waals surface area contributed by atoms with Gasteiger partial charge in [-0.3, -0.25) is 0 Å². The van der Waals surface area contributed by atoms with Crippen molar-refractivity contribution in [2.24, 2.45) is 5.92 Å². The van der Waals surface area contributed by atoms with Gasteiger partial charge in [0.2, 0.25) is 0 Å². The Morgan fingerprint density at radius 1 is 1.10 bits per heavy atom. The lowest BCUT2D eigenvalue weighted by Gasteiger charge is -2.30. The van der Waals surface area contributed by atoms with E-state index < -0.39 is 12.2 Å². The van der Waals surface area contributed by atoms with Crippen molar-refractivity contribution in [1.29, 1.82) is 0 Å². The second-order valence-corrected chi connectivity index (χ2v) is 8.33. The fraction of sp³-hybridized carbons (Fsp3) is 0.500. The van der Waals surface area contributed by atoms with Gasteiger partial charge in [0.1, 0.15) is 29.6 Å². The predicted octanol–water partition coefficient (Wildman–Crippen LogP) is 3.55. The van der Waals surface area contributed by atoms with E-state index in [9.17, 15) is 19.0 Å². The number of hydrogen-bond donors (Lipinski definition) is 3. The third-order valence-electron chi connectivity index (χ3n) is 5.97. The van der Waals surface area contributed by atoms with Crippen LogP contribution in [0, 0.1) is 24.5 Å². The Morgan fingerprint density at radius 3 is 2.63 bits per heavy atom. The van der Waals surface area contributed by atoms with E-state index in [2.05, 4.69) is 5.32 Å². The maximum Gasteiger partial charge on any atom is 0.126 e. The number of benzene rings is 2. The molecule has 0 amide bonds. The third-order valence-corrected chi connectivity index (χ3v) is 5.97. The molecule has 0 saturated heterocycles. The minimum absolute atomic E-state index is 0.0324. The lowest BCUT2D eigenvalue weighted by molar-refractivity contribution is 0.0211. The van der Waals surface area contributed by atoms with E-state index in [0.717, 1.165) is 23.1 Å². The Labute approximate surface area is 176 Å². The fourth-order valence-corrected chi connectivity index (χ4v) is 3.85. The van der Waals surface area contributed by atoms with Crippen LogP contribution in [0.25, 0.3) is 0 Å². The van der Waals surface area contributed by atoms with Crippen molar-refractivity contribution in [3.8, 4) is 5.75 Å². The maximum absolute atomic E-state index is 13.4. The molecule has 0 saturated carbocycles. The van der Waals surface area contributed by atoms with Crippen molar-refractivity contribution in [3.63, 3.8) is 0 Å². The molecule has 164 valence electrons. The first-order chi connectivity index (χ1) is 14.3. The summed E-state index contributed by atoms with van der Waals surface area (Å²) < 4.78 is 32.5. The number of aliphatic hydroxyl groups excluding tert-OH is 2. The standard InChI is InChI=1S/C24H31F2NO3/c1-15-4-7-19(25)11-17(15)5-3-16(2)21(28)13-27-14-22(29)24-9-6-18-12-20(26)8-10-23(18)30-24/h4,7-8,10-12,16,21-22,24,27-29H,3,5-6,9,13-14H2,1-2H3/t16-,21-,22-,24+/m0/s1. The molecule has 3 rings (SSSR count). The topological polar surface area (TPSA) is 61.7 Å². The molecule has 0 fully saturated rings. The lowest BCUT2D eigenvalue weighted by Crippen LogP contribution is -2.44. The predicted molar refractivity (Wildman–Crippen MR) is 113 cm³/mol. The zero-order chi connectivity index (χ0) is 21.7. The number of aryl methyl sites for hydroxylation is 3. The van der Waals surface area contributed by atoms with Gasteiger partial charge in [0.05, 0.1) is 6.10 Å². The summed E-state index contributed by atoms with van der Waals surface area (Å²) in [6, 6.07) is 9.22. The van der Waals surface area contributed by atoms with Crippen molar-refractivity contribution in [1.82, 2.24) is 5.32 Å². The number of ether oxygens (including phenoxy) is 1. The smallest absolute Gasteiger partial charge is 0.126 e. The molecule has 0 radical (unpaired) electrons. The molecule has 2 aromatic carbocycles. The second kappa shape index (κ2) is 10.3. The summed E-state index contributed by atoms with van der Waals surface area (Å²) in [6.45, 7) is 4.58. The molecule has 1 heterocycles. The van der Waals surface area contributed by atoms with Crippen LogP contribution in [0.4, 0.5) is 8.78 Å². The van der Waals surface area contributed by atoms with Crippen LogP contribution in [0.15, 0.2) is 36.4 Å². The summed E-state index contributed by atoms with van der Waals surface area (Å²) in [4.78, 5) is 0. The van der Waals surface area contributed by atoms with Gasteiger partial charge in [-0.15, -0.1) is 0 Å². The number of halogens is 2. The van der Waals surface area contributed by atoms with Gasteiger partial charge in [0.15, 0.2) is 0 Å². The second-order valence-electron chi connectivity index (χ2n) is 8.33. The van der Waals surface area contributed by atoms with E-state index in [1.165, 1.54) is 18.2 Å². The summed E-state index contributed by atoms with van der Waals surface area (Å²) in [6.07, 6.45) is 1.08. The van der Waals surface area contributed by atoms with E-state index in [4.69, 9.17) is 4.74 Å². The van der Waals surface area contributed by atoms with Crippen LogP contribution in [0.5, 0.6) is 5.75 Å². The van der Waals surface area contributed by atoms with Crippen LogP contribution < -0.4 is 10.1 Å². The first-order valence-electron chi connectivity index (χ1n) is 10.6. The quantitative estimate of drug-likeness (QED) is 0.582. The van der Waals surface area contributed by atoms with E-state index >= 15 is 0 Å². The molecule has 4 atom stereocenters. The lowest BCUT2D eigenvalue weighted by atomic mass is 9.94. The number of hydrogen-bond acceptors (Lipinski definition) is 4. The molecule has 0 aromatic heterocycles. The van der Waals surface area contributed by atoms with Gasteiger partial charge >= 0.3 is 0 Å². The first kappa shape index (κ1) is 22.7. The van der Waals surface area contributed by atoms with Crippen LogP contribution in [0.2, 0.25) is 0 Å². The Balaban J connectivity index is 1.39. The van der Waals surface area contributed by atoms with Gasteiger partial charge in [-0.25, -0.2) is 8.78 Å². The minimum Gasteiger partial charge on any atom is -0.487 e. The summed E-state index contributed by atoms with van der Waals surface area (Å²) in [7, 11) is 0. The molecule has 6 heteroatoms. The average Bonchev–Trinajstić information content (AvgIpc) is 2.73.